The van der Waals surface area contributed by atoms with E-state index in [0.29, 0.717) is 51.5 Å². The van der Waals surface area contributed by atoms with E-state index in [9.17, 15) is 1.37 Å². The maximum Gasteiger partial charge on any atom is 0.133 e. The summed E-state index contributed by atoms with van der Waals surface area (Å²) in [5.41, 5.74) is 10.5. The minimum atomic E-state index is -1.43. The van der Waals surface area contributed by atoms with E-state index in [2.05, 4.69) is 58.3 Å². The molecule has 1 fully saturated rings. The van der Waals surface area contributed by atoms with Gasteiger partial charge in [0, 0.05) is 61.9 Å². The Morgan fingerprint density at radius 3 is 2.79 bits per heavy atom. The Balaban J connectivity index is 1.64. The number of hydrogen-bond donors (Lipinski definition) is 4. The highest BCUT2D eigenvalue weighted by Crippen LogP contribution is 2.38. The van der Waals surface area contributed by atoms with Gasteiger partial charge in [0.1, 0.15) is 5.82 Å². The summed E-state index contributed by atoms with van der Waals surface area (Å²) in [4.78, 5) is 11.1. The third kappa shape index (κ3) is 5.45. The van der Waals surface area contributed by atoms with Gasteiger partial charge in [-0.05, 0) is 36.5 Å². The van der Waals surface area contributed by atoms with E-state index in [4.69, 9.17) is 18.0 Å². The molecule has 0 amide bonds. The number of fused-ring (bicyclic) bond motifs is 1. The van der Waals surface area contributed by atoms with Crippen LogP contribution in [0, 0.1) is 17.8 Å². The number of hydrazine groups is 2. The molecule has 9 heteroatoms. The highest BCUT2D eigenvalue weighted by Gasteiger charge is 2.33. The van der Waals surface area contributed by atoms with E-state index < -0.39 is 6.02 Å². The molecule has 1 saturated carbocycles. The second-order valence-corrected chi connectivity index (χ2v) is 11.6. The highest BCUT2D eigenvalue weighted by atomic mass is 35.5. The largest absolute Gasteiger partial charge is 0.383 e. The van der Waals surface area contributed by atoms with E-state index in [1.807, 2.05) is 48.4 Å². The molecule has 0 unspecified atom stereocenters. The molecule has 3 aromatic rings. The molecule has 1 aliphatic heterocycles. The van der Waals surface area contributed by atoms with E-state index in [1.54, 1.807) is 18.5 Å². The summed E-state index contributed by atoms with van der Waals surface area (Å²) in [5, 5.41) is 10.3. The van der Waals surface area contributed by atoms with Crippen LogP contribution in [-0.2, 0) is 0 Å². The van der Waals surface area contributed by atoms with Crippen LogP contribution in [0.15, 0.2) is 48.6 Å². The van der Waals surface area contributed by atoms with Crippen LogP contribution in [0.5, 0.6) is 0 Å². The maximum atomic E-state index is 9.87. The van der Waals surface area contributed by atoms with Gasteiger partial charge in [-0.1, -0.05) is 44.4 Å². The number of nitrogens with zero attached hydrogens (tertiary/aromatic N) is 4. The molecule has 0 bridgehead atoms. The van der Waals surface area contributed by atoms with Crippen LogP contribution in [0.25, 0.3) is 10.9 Å². The van der Waals surface area contributed by atoms with Crippen molar-refractivity contribution in [2.24, 2.45) is 5.41 Å². The second-order valence-electron chi connectivity index (χ2n) is 11.1. The average molecular weight is 532 g/mol. The Morgan fingerprint density at radius 1 is 1.32 bits per heavy atom. The Bertz CT molecular complexity index is 1470. The molecule has 1 aliphatic carbocycles. The highest BCUT2D eigenvalue weighted by molar-refractivity contribution is 6.35. The van der Waals surface area contributed by atoms with Gasteiger partial charge >= 0.3 is 0 Å². The monoisotopic (exact) mass is 531 g/mol. The van der Waals surface area contributed by atoms with Gasteiger partial charge in [-0.2, -0.15) is 0 Å². The fourth-order valence-electron chi connectivity index (χ4n) is 4.36. The summed E-state index contributed by atoms with van der Waals surface area (Å²) in [5.74, 6) is 3.43. The third-order valence-corrected chi connectivity index (χ3v) is 6.71. The first-order valence-electron chi connectivity index (χ1n) is 13.3. The van der Waals surface area contributed by atoms with Crippen LogP contribution < -0.4 is 26.5 Å². The van der Waals surface area contributed by atoms with Gasteiger partial charge in [0.15, 0.2) is 0 Å². The average Bonchev–Trinajstić information content (AvgIpc) is 3.62. The van der Waals surface area contributed by atoms with Crippen molar-refractivity contribution in [1.29, 1.82) is 0 Å². The Morgan fingerprint density at radius 2 is 2.11 bits per heavy atom. The summed E-state index contributed by atoms with van der Waals surface area (Å²) < 4.78 is 9.87. The zero-order valence-electron chi connectivity index (χ0n) is 23.5. The van der Waals surface area contributed by atoms with Gasteiger partial charge in [-0.15, -0.1) is 12.0 Å². The van der Waals surface area contributed by atoms with Crippen molar-refractivity contribution in [3.05, 3.63) is 64.7 Å². The number of pyridine rings is 2. The normalized spacial score (nSPS) is 17.2. The maximum absolute atomic E-state index is 9.87. The summed E-state index contributed by atoms with van der Waals surface area (Å²) >= 11 is 6.79. The molecule has 5 rings (SSSR count). The Hall–Kier alpha value is -3.67. The SMILES string of the molecule is [2H][C@](Nc1cc(Cl)c2ncc(C#C)c(NCC(C)(C)C)c2c1)(C1=CN(C2CC2)NN1)c1cccnc1N(C)C. The van der Waals surface area contributed by atoms with E-state index >= 15 is 0 Å². The van der Waals surface area contributed by atoms with Gasteiger partial charge < -0.3 is 21.0 Å². The lowest BCUT2D eigenvalue weighted by Crippen LogP contribution is -2.38. The predicted molar refractivity (Wildman–Crippen MR) is 157 cm³/mol. The first kappa shape index (κ1) is 24.7. The Kier molecular flexibility index (Phi) is 6.64. The lowest BCUT2D eigenvalue weighted by molar-refractivity contribution is 0.260. The number of halogens is 1. The van der Waals surface area contributed by atoms with Crippen LogP contribution >= 0.6 is 11.6 Å². The minimum Gasteiger partial charge on any atom is -0.383 e. The molecule has 0 radical (unpaired) electrons. The molecule has 38 heavy (non-hydrogen) atoms. The van der Waals surface area contributed by atoms with E-state index in [0.717, 1.165) is 23.9 Å². The molecule has 1 aromatic carbocycles. The fraction of sp³-hybridized carbons (Fsp3) is 0.379. The Labute approximate surface area is 231 Å². The summed E-state index contributed by atoms with van der Waals surface area (Å²) in [7, 11) is 3.84. The fourth-order valence-corrected chi connectivity index (χ4v) is 4.63. The van der Waals surface area contributed by atoms with Gasteiger partial charge in [0.05, 0.1) is 34.9 Å². The molecule has 2 aromatic heterocycles. The van der Waals surface area contributed by atoms with E-state index in [1.165, 1.54) is 0 Å². The minimum absolute atomic E-state index is 0.0292. The lowest BCUT2D eigenvalue weighted by Gasteiger charge is -2.26. The molecule has 3 heterocycles. The number of aromatic nitrogens is 2. The zero-order valence-corrected chi connectivity index (χ0v) is 23.2. The molecule has 0 spiro atoms. The van der Waals surface area contributed by atoms with Crippen molar-refractivity contribution in [3.63, 3.8) is 0 Å². The smallest absolute Gasteiger partial charge is 0.133 e. The van der Waals surface area contributed by atoms with Gasteiger partial charge in [-0.25, -0.2) is 4.98 Å². The number of rotatable bonds is 8. The molecule has 0 saturated heterocycles. The molecule has 8 nitrogen and oxygen atoms in total. The zero-order chi connectivity index (χ0) is 27.9. The van der Waals surface area contributed by atoms with Crippen LogP contribution in [0.3, 0.4) is 0 Å². The number of terminal acetylenes is 1. The summed E-state index contributed by atoms with van der Waals surface area (Å²) in [6.07, 6.45) is 13.4. The van der Waals surface area contributed by atoms with Crippen molar-refractivity contribution in [1.82, 2.24) is 25.9 Å². The molecule has 4 N–H and O–H groups in total. The van der Waals surface area contributed by atoms with Gasteiger partial charge in [0.2, 0.25) is 0 Å². The quantitative estimate of drug-likeness (QED) is 0.293. The second kappa shape index (κ2) is 10.2. The third-order valence-electron chi connectivity index (χ3n) is 6.42. The van der Waals surface area contributed by atoms with Crippen molar-refractivity contribution >= 4 is 39.7 Å². The number of hydrogen-bond acceptors (Lipinski definition) is 8. The molecule has 198 valence electrons. The number of benzene rings is 1. The summed E-state index contributed by atoms with van der Waals surface area (Å²) in [6.45, 7) is 7.18. The van der Waals surface area contributed by atoms with Crippen LogP contribution in [0.4, 0.5) is 17.2 Å². The summed E-state index contributed by atoms with van der Waals surface area (Å²) in [6, 6.07) is 6.51. The van der Waals surface area contributed by atoms with Crippen LogP contribution in [0.2, 0.25) is 5.02 Å². The first-order valence-corrected chi connectivity index (χ1v) is 13.1. The number of nitrogens with one attached hydrogen (secondary N) is 4. The molecular formula is C29H35ClN8. The van der Waals surface area contributed by atoms with Crippen molar-refractivity contribution in [3.8, 4) is 12.3 Å². The van der Waals surface area contributed by atoms with Crippen molar-refractivity contribution in [2.75, 3.05) is 36.2 Å². The van der Waals surface area contributed by atoms with Crippen molar-refractivity contribution < 1.29 is 1.37 Å². The van der Waals surface area contributed by atoms with Crippen molar-refractivity contribution in [2.45, 2.75) is 45.7 Å². The first-order chi connectivity index (χ1) is 18.5. The van der Waals surface area contributed by atoms with Crippen LogP contribution in [0.1, 0.15) is 52.1 Å². The van der Waals surface area contributed by atoms with Gasteiger partial charge in [0.25, 0.3) is 0 Å². The molecule has 2 aliphatic rings. The predicted octanol–water partition coefficient (Wildman–Crippen LogP) is 5.27. The number of anilines is 3. The standard InChI is InChI=1S/C29H35ClN8/c1-7-18-15-32-26-22(25(18)33-17-29(2,3)4)13-19(14-23(26)30)34-27(21-9-8-12-31-28(21)37(5)6)24-16-38(36-35-24)20-10-11-20/h1,8-9,12-16,20,27,34-36H,10-11,17H2,2-6H3,(H,32,33)/t27-/m1/s1/i27D. The van der Waals surface area contributed by atoms with Gasteiger partial charge in [-0.3, -0.25) is 9.99 Å². The van der Waals surface area contributed by atoms with E-state index in [-0.39, 0.29) is 5.41 Å². The van der Waals surface area contributed by atoms with Crippen LogP contribution in [-0.4, -0.2) is 41.7 Å². The lowest BCUT2D eigenvalue weighted by atomic mass is 9.96. The topological polar surface area (TPSA) is 80.4 Å². The molecule has 1 atom stereocenters. The molecular weight excluding hydrogens is 496 g/mol.